The lowest BCUT2D eigenvalue weighted by Crippen LogP contribution is -2.50. The van der Waals surface area contributed by atoms with Gasteiger partial charge >= 0.3 is 0 Å². The summed E-state index contributed by atoms with van der Waals surface area (Å²) in [5.74, 6) is 0.716. The number of hydrogen-bond acceptors (Lipinski definition) is 5. The van der Waals surface area contributed by atoms with Gasteiger partial charge in [0.15, 0.2) is 0 Å². The van der Waals surface area contributed by atoms with Crippen LogP contribution < -0.4 is 4.74 Å². The normalized spacial score (nSPS) is 19.1. The minimum absolute atomic E-state index is 0.00837. The van der Waals surface area contributed by atoms with Crippen LogP contribution in [0.5, 0.6) is 5.75 Å². The van der Waals surface area contributed by atoms with Gasteiger partial charge in [0, 0.05) is 51.6 Å². The van der Waals surface area contributed by atoms with Crippen LogP contribution in [0.1, 0.15) is 31.2 Å². The van der Waals surface area contributed by atoms with Crippen molar-refractivity contribution in [2.75, 3.05) is 39.8 Å². The van der Waals surface area contributed by atoms with E-state index >= 15 is 0 Å². The summed E-state index contributed by atoms with van der Waals surface area (Å²) in [7, 11) is -1.92. The third-order valence-electron chi connectivity index (χ3n) is 6.83. The molecule has 2 aliphatic rings. The van der Waals surface area contributed by atoms with Crippen LogP contribution in [0.4, 0.5) is 0 Å². The highest BCUT2D eigenvalue weighted by molar-refractivity contribution is 7.89. The zero-order chi connectivity index (χ0) is 24.8. The summed E-state index contributed by atoms with van der Waals surface area (Å²) in [6.45, 7) is 1.90. The number of nitrogens with zero attached hydrogens (tertiary/aromatic N) is 3. The van der Waals surface area contributed by atoms with Crippen molar-refractivity contribution >= 4 is 21.8 Å². The summed E-state index contributed by atoms with van der Waals surface area (Å²) in [6.07, 6.45) is 3.01. The Morgan fingerprint density at radius 2 is 1.63 bits per heavy atom. The summed E-state index contributed by atoms with van der Waals surface area (Å²) in [5.41, 5.74) is 1.13. The van der Waals surface area contributed by atoms with Gasteiger partial charge in [0.05, 0.1) is 12.0 Å². The van der Waals surface area contributed by atoms with Crippen molar-refractivity contribution in [2.24, 2.45) is 0 Å². The van der Waals surface area contributed by atoms with Crippen LogP contribution >= 0.6 is 0 Å². The van der Waals surface area contributed by atoms with Gasteiger partial charge in [-0.25, -0.2) is 8.42 Å². The van der Waals surface area contributed by atoms with E-state index in [1.807, 2.05) is 29.2 Å². The molecule has 0 aromatic heterocycles. The fourth-order valence-electron chi connectivity index (χ4n) is 4.88. The molecule has 2 aliphatic heterocycles. The minimum Gasteiger partial charge on any atom is -0.497 e. The molecule has 0 spiro atoms. The largest absolute Gasteiger partial charge is 0.497 e. The summed E-state index contributed by atoms with van der Waals surface area (Å²) in [5, 5.41) is 0. The number of amides is 2. The van der Waals surface area contributed by atoms with E-state index in [2.05, 4.69) is 0 Å². The van der Waals surface area contributed by atoms with Crippen molar-refractivity contribution in [1.29, 1.82) is 0 Å². The zero-order valence-corrected chi connectivity index (χ0v) is 21.0. The predicted octanol–water partition coefficient (Wildman–Crippen LogP) is 2.54. The van der Waals surface area contributed by atoms with E-state index in [4.69, 9.17) is 4.74 Å². The fraction of sp³-hybridized carbons (Fsp3) is 0.462. The second-order valence-electron chi connectivity index (χ2n) is 9.04. The molecule has 0 N–H and O–H groups in total. The van der Waals surface area contributed by atoms with Gasteiger partial charge in [0.2, 0.25) is 21.8 Å². The molecule has 2 amide bonds. The molecule has 1 unspecified atom stereocenters. The summed E-state index contributed by atoms with van der Waals surface area (Å²) in [4.78, 5) is 29.5. The number of piperazine rings is 1. The average molecular weight is 500 g/mol. The minimum atomic E-state index is -3.56. The molecular formula is C26H33N3O5S. The molecule has 2 heterocycles. The molecular weight excluding hydrogens is 466 g/mol. The maximum Gasteiger partial charge on any atom is 0.243 e. The summed E-state index contributed by atoms with van der Waals surface area (Å²) in [6, 6.07) is 16.4. The molecule has 2 aromatic rings. The van der Waals surface area contributed by atoms with Gasteiger partial charge in [-0.1, -0.05) is 30.3 Å². The Labute approximate surface area is 207 Å². The Morgan fingerprint density at radius 3 is 2.34 bits per heavy atom. The maximum atomic E-state index is 12.9. The van der Waals surface area contributed by atoms with Crippen molar-refractivity contribution in [3.8, 4) is 5.75 Å². The number of carbonyl (C=O) groups excluding carboxylic acids is 2. The quantitative estimate of drug-likeness (QED) is 0.557. The maximum absolute atomic E-state index is 12.9. The molecule has 2 aromatic carbocycles. The van der Waals surface area contributed by atoms with E-state index in [1.54, 1.807) is 42.3 Å². The first-order valence-corrected chi connectivity index (χ1v) is 13.6. The number of sulfonamides is 1. The van der Waals surface area contributed by atoms with E-state index in [1.165, 1.54) is 4.31 Å². The number of rotatable bonds is 8. The first kappa shape index (κ1) is 25.2. The van der Waals surface area contributed by atoms with Gasteiger partial charge < -0.3 is 14.5 Å². The van der Waals surface area contributed by atoms with Gasteiger partial charge in [-0.2, -0.15) is 4.31 Å². The molecule has 2 fully saturated rings. The van der Waals surface area contributed by atoms with Gasteiger partial charge in [-0.3, -0.25) is 9.59 Å². The number of ether oxygens (including phenoxy) is 1. The number of carbonyl (C=O) groups is 2. The Bertz CT molecular complexity index is 1130. The molecule has 0 aliphatic carbocycles. The lowest BCUT2D eigenvalue weighted by atomic mass is 10.0. The SMILES string of the molecule is COc1cccc(CC2CCCN2C(=O)CCC(=O)N2CCN(S(=O)(=O)c3ccccc3)CC2)c1. The molecule has 1 atom stereocenters. The van der Waals surface area contributed by atoms with Crippen LogP contribution in [-0.2, 0) is 26.0 Å². The Balaban J connectivity index is 1.26. The number of benzene rings is 2. The van der Waals surface area contributed by atoms with E-state index < -0.39 is 10.0 Å². The lowest BCUT2D eigenvalue weighted by Gasteiger charge is -2.34. The van der Waals surface area contributed by atoms with Crippen LogP contribution in [0.15, 0.2) is 59.5 Å². The van der Waals surface area contributed by atoms with E-state index in [0.29, 0.717) is 13.1 Å². The molecule has 188 valence electrons. The van der Waals surface area contributed by atoms with Crippen LogP contribution in [0, 0.1) is 0 Å². The lowest BCUT2D eigenvalue weighted by molar-refractivity contribution is -0.138. The first-order valence-electron chi connectivity index (χ1n) is 12.1. The third kappa shape index (κ3) is 6.02. The van der Waals surface area contributed by atoms with Gasteiger partial charge in [-0.05, 0) is 49.1 Å². The molecule has 8 nitrogen and oxygen atoms in total. The zero-order valence-electron chi connectivity index (χ0n) is 20.1. The molecule has 0 radical (unpaired) electrons. The van der Waals surface area contributed by atoms with E-state index in [-0.39, 0.29) is 48.7 Å². The Kier molecular flexibility index (Phi) is 8.07. The average Bonchev–Trinajstić information content (AvgIpc) is 3.36. The van der Waals surface area contributed by atoms with Crippen LogP contribution in [0.25, 0.3) is 0 Å². The highest BCUT2D eigenvalue weighted by Crippen LogP contribution is 2.24. The van der Waals surface area contributed by atoms with Gasteiger partial charge in [-0.15, -0.1) is 0 Å². The van der Waals surface area contributed by atoms with Crippen molar-refractivity contribution < 1.29 is 22.7 Å². The molecule has 2 saturated heterocycles. The second-order valence-corrected chi connectivity index (χ2v) is 11.0. The van der Waals surface area contributed by atoms with Crippen molar-refractivity contribution in [3.63, 3.8) is 0 Å². The van der Waals surface area contributed by atoms with E-state index in [9.17, 15) is 18.0 Å². The predicted molar refractivity (Wildman–Crippen MR) is 132 cm³/mol. The van der Waals surface area contributed by atoms with Crippen LogP contribution in [0.3, 0.4) is 0 Å². The van der Waals surface area contributed by atoms with Crippen molar-refractivity contribution in [1.82, 2.24) is 14.1 Å². The summed E-state index contributed by atoms with van der Waals surface area (Å²) >= 11 is 0. The number of likely N-dealkylation sites (tertiary alicyclic amines) is 1. The Morgan fingerprint density at radius 1 is 0.914 bits per heavy atom. The topological polar surface area (TPSA) is 87.2 Å². The molecule has 35 heavy (non-hydrogen) atoms. The second kappa shape index (κ2) is 11.2. The van der Waals surface area contributed by atoms with Crippen LogP contribution in [-0.4, -0.2) is 80.2 Å². The molecule has 0 bridgehead atoms. The first-order chi connectivity index (χ1) is 16.9. The Hall–Kier alpha value is -2.91. The fourth-order valence-corrected chi connectivity index (χ4v) is 6.33. The smallest absolute Gasteiger partial charge is 0.243 e. The number of methoxy groups -OCH3 is 1. The highest BCUT2D eigenvalue weighted by atomic mass is 32.2. The van der Waals surface area contributed by atoms with Gasteiger partial charge in [0.25, 0.3) is 0 Å². The molecule has 9 heteroatoms. The molecule has 4 rings (SSSR count). The van der Waals surface area contributed by atoms with E-state index in [0.717, 1.165) is 37.1 Å². The standard InChI is InChI=1S/C26H33N3O5S/c1-34-23-9-5-7-21(20-23)19-22-8-6-14-29(22)26(31)13-12-25(30)27-15-17-28(18-16-27)35(32,33)24-10-3-2-4-11-24/h2-5,7,9-11,20,22H,6,8,12-19H2,1H3. The van der Waals surface area contributed by atoms with Crippen molar-refractivity contribution in [3.05, 3.63) is 60.2 Å². The highest BCUT2D eigenvalue weighted by Gasteiger charge is 2.32. The monoisotopic (exact) mass is 499 g/mol. The molecule has 0 saturated carbocycles. The van der Waals surface area contributed by atoms with Crippen LogP contribution in [0.2, 0.25) is 0 Å². The number of hydrogen-bond donors (Lipinski definition) is 0. The van der Waals surface area contributed by atoms with Gasteiger partial charge in [0.1, 0.15) is 5.75 Å². The van der Waals surface area contributed by atoms with Crippen molar-refractivity contribution in [2.45, 2.75) is 43.0 Å². The summed E-state index contributed by atoms with van der Waals surface area (Å²) < 4.78 is 32.3. The third-order valence-corrected chi connectivity index (χ3v) is 8.74.